The van der Waals surface area contributed by atoms with Crippen molar-refractivity contribution in [1.82, 2.24) is 4.98 Å². The summed E-state index contributed by atoms with van der Waals surface area (Å²) in [5.41, 5.74) is 0.326. The van der Waals surface area contributed by atoms with Crippen LogP contribution in [0.4, 0.5) is 4.39 Å². The minimum absolute atomic E-state index is 0.189. The summed E-state index contributed by atoms with van der Waals surface area (Å²) in [7, 11) is 0. The Morgan fingerprint density at radius 3 is 2.82 bits per heavy atom. The fraction of sp³-hybridized carbons (Fsp3) is 0.615. The zero-order valence-electron chi connectivity index (χ0n) is 10.7. The minimum Gasteiger partial charge on any atom is -0.487 e. The maximum atomic E-state index is 13.7. The van der Waals surface area contributed by atoms with E-state index in [0.29, 0.717) is 18.3 Å². The summed E-state index contributed by atoms with van der Waals surface area (Å²) in [6.45, 7) is 8.30. The van der Waals surface area contributed by atoms with Crippen LogP contribution in [0.2, 0.25) is 0 Å². The maximum Gasteiger partial charge on any atom is 0.201 e. The molecule has 1 atom stereocenters. The molecule has 0 saturated carbocycles. The van der Waals surface area contributed by atoms with Gasteiger partial charge in [-0.2, -0.15) is 0 Å². The van der Waals surface area contributed by atoms with Crippen LogP contribution in [0.15, 0.2) is 6.20 Å². The van der Waals surface area contributed by atoms with E-state index in [-0.39, 0.29) is 5.75 Å². The highest BCUT2D eigenvalue weighted by molar-refractivity contribution is 5.45. The Morgan fingerprint density at radius 1 is 1.47 bits per heavy atom. The predicted molar refractivity (Wildman–Crippen MR) is 62.9 cm³/mol. The van der Waals surface area contributed by atoms with E-state index in [0.717, 1.165) is 12.1 Å². The second-order valence-corrected chi connectivity index (χ2v) is 5.55. The van der Waals surface area contributed by atoms with Crippen LogP contribution in [-0.4, -0.2) is 17.2 Å². The number of hydrogen-bond acceptors (Lipinski definition) is 3. The molecule has 4 heteroatoms. The molecule has 1 aromatic heterocycles. The fourth-order valence-corrected chi connectivity index (χ4v) is 1.80. The van der Waals surface area contributed by atoms with Gasteiger partial charge in [-0.25, -0.2) is 4.39 Å². The van der Waals surface area contributed by atoms with E-state index in [1.807, 2.05) is 20.8 Å². The summed E-state index contributed by atoms with van der Waals surface area (Å²) in [6, 6.07) is 0. The van der Waals surface area contributed by atoms with Gasteiger partial charge in [-0.05, 0) is 33.1 Å². The first kappa shape index (κ1) is 12.1. The molecule has 1 aliphatic rings. The first-order valence-corrected chi connectivity index (χ1v) is 5.86. The SMILES string of the molecule is CC1COc2c(ncc(F)c2OC(C)(C)C)C1. The maximum absolute atomic E-state index is 13.7. The second kappa shape index (κ2) is 4.17. The largest absolute Gasteiger partial charge is 0.487 e. The van der Waals surface area contributed by atoms with Gasteiger partial charge in [0.15, 0.2) is 11.6 Å². The van der Waals surface area contributed by atoms with Crippen LogP contribution >= 0.6 is 0 Å². The molecule has 3 nitrogen and oxygen atoms in total. The molecular formula is C13H18FNO2. The van der Waals surface area contributed by atoms with Gasteiger partial charge >= 0.3 is 0 Å². The Labute approximate surface area is 101 Å². The molecule has 1 aliphatic heterocycles. The standard InChI is InChI=1S/C13H18FNO2/c1-8-5-10-12(16-7-8)11(9(14)6-15-10)17-13(2,3)4/h6,8H,5,7H2,1-4H3. The zero-order valence-corrected chi connectivity index (χ0v) is 10.7. The summed E-state index contributed by atoms with van der Waals surface area (Å²) in [4.78, 5) is 4.08. The zero-order chi connectivity index (χ0) is 12.6. The van der Waals surface area contributed by atoms with Gasteiger partial charge in [0.1, 0.15) is 5.60 Å². The molecule has 0 saturated heterocycles. The molecule has 0 radical (unpaired) electrons. The number of aromatic nitrogens is 1. The number of halogens is 1. The lowest BCUT2D eigenvalue weighted by Crippen LogP contribution is -2.26. The smallest absolute Gasteiger partial charge is 0.201 e. The summed E-state index contributed by atoms with van der Waals surface area (Å²) in [5.74, 6) is 0.601. The first-order chi connectivity index (χ1) is 7.87. The molecule has 2 heterocycles. The Balaban J connectivity index is 2.40. The van der Waals surface area contributed by atoms with Crippen molar-refractivity contribution in [3.63, 3.8) is 0 Å². The second-order valence-electron chi connectivity index (χ2n) is 5.55. The van der Waals surface area contributed by atoms with Gasteiger partial charge in [0.2, 0.25) is 5.75 Å². The molecule has 0 fully saturated rings. The lowest BCUT2D eigenvalue weighted by molar-refractivity contribution is 0.111. The molecule has 0 bridgehead atoms. The molecule has 1 aromatic rings. The number of fused-ring (bicyclic) bond motifs is 1. The van der Waals surface area contributed by atoms with Crippen molar-refractivity contribution in [1.29, 1.82) is 0 Å². The van der Waals surface area contributed by atoms with Crippen LogP contribution in [0.25, 0.3) is 0 Å². The molecule has 0 aromatic carbocycles. The van der Waals surface area contributed by atoms with Gasteiger partial charge in [-0.3, -0.25) is 4.98 Å². The van der Waals surface area contributed by atoms with Crippen molar-refractivity contribution in [2.75, 3.05) is 6.61 Å². The van der Waals surface area contributed by atoms with Crippen LogP contribution in [0.5, 0.6) is 11.5 Å². The van der Waals surface area contributed by atoms with Crippen molar-refractivity contribution in [2.24, 2.45) is 5.92 Å². The predicted octanol–water partition coefficient (Wildman–Crippen LogP) is 2.97. The van der Waals surface area contributed by atoms with Gasteiger partial charge in [0.25, 0.3) is 0 Å². The van der Waals surface area contributed by atoms with Crippen LogP contribution < -0.4 is 9.47 Å². The van der Waals surface area contributed by atoms with E-state index in [4.69, 9.17) is 9.47 Å². The van der Waals surface area contributed by atoms with Crippen LogP contribution in [-0.2, 0) is 6.42 Å². The summed E-state index contributed by atoms with van der Waals surface area (Å²) >= 11 is 0. The van der Waals surface area contributed by atoms with Gasteiger partial charge < -0.3 is 9.47 Å². The average molecular weight is 239 g/mol. The Kier molecular flexibility index (Phi) is 2.98. The van der Waals surface area contributed by atoms with Gasteiger partial charge in [0.05, 0.1) is 18.5 Å². The van der Waals surface area contributed by atoms with Gasteiger partial charge in [-0.15, -0.1) is 0 Å². The molecule has 0 spiro atoms. The third kappa shape index (κ3) is 2.68. The molecule has 17 heavy (non-hydrogen) atoms. The van der Waals surface area contributed by atoms with Crippen LogP contribution in [0.3, 0.4) is 0 Å². The highest BCUT2D eigenvalue weighted by Crippen LogP contribution is 2.38. The van der Waals surface area contributed by atoms with E-state index in [9.17, 15) is 4.39 Å². The molecule has 0 aliphatic carbocycles. The highest BCUT2D eigenvalue weighted by atomic mass is 19.1. The Bertz CT molecular complexity index is 426. The number of rotatable bonds is 1. The van der Waals surface area contributed by atoms with Gasteiger partial charge in [-0.1, -0.05) is 6.92 Å². The van der Waals surface area contributed by atoms with Crippen LogP contribution in [0, 0.1) is 11.7 Å². The van der Waals surface area contributed by atoms with Gasteiger partial charge in [0, 0.05) is 0 Å². The molecule has 2 rings (SSSR count). The third-order valence-electron chi connectivity index (χ3n) is 2.48. The summed E-state index contributed by atoms with van der Waals surface area (Å²) < 4.78 is 24.9. The molecular weight excluding hydrogens is 221 g/mol. The molecule has 94 valence electrons. The minimum atomic E-state index is -0.465. The lowest BCUT2D eigenvalue weighted by Gasteiger charge is -2.27. The Morgan fingerprint density at radius 2 is 2.18 bits per heavy atom. The van der Waals surface area contributed by atoms with Crippen molar-refractivity contribution < 1.29 is 13.9 Å². The molecule has 1 unspecified atom stereocenters. The van der Waals surface area contributed by atoms with E-state index in [2.05, 4.69) is 11.9 Å². The molecule has 0 amide bonds. The first-order valence-electron chi connectivity index (χ1n) is 5.86. The van der Waals surface area contributed by atoms with E-state index < -0.39 is 11.4 Å². The van der Waals surface area contributed by atoms with E-state index >= 15 is 0 Å². The number of hydrogen-bond donors (Lipinski definition) is 0. The number of pyridine rings is 1. The summed E-state index contributed by atoms with van der Waals surface area (Å²) in [6.07, 6.45) is 2.01. The van der Waals surface area contributed by atoms with Crippen molar-refractivity contribution in [3.05, 3.63) is 17.7 Å². The van der Waals surface area contributed by atoms with Crippen molar-refractivity contribution in [2.45, 2.75) is 39.7 Å². The summed E-state index contributed by atoms with van der Waals surface area (Å²) in [5, 5.41) is 0. The van der Waals surface area contributed by atoms with Crippen molar-refractivity contribution in [3.8, 4) is 11.5 Å². The topological polar surface area (TPSA) is 31.4 Å². The average Bonchev–Trinajstić information content (AvgIpc) is 2.21. The quantitative estimate of drug-likeness (QED) is 0.755. The fourth-order valence-electron chi connectivity index (χ4n) is 1.80. The van der Waals surface area contributed by atoms with Crippen LogP contribution in [0.1, 0.15) is 33.4 Å². The molecule has 0 N–H and O–H groups in total. The third-order valence-corrected chi connectivity index (χ3v) is 2.48. The number of nitrogens with zero attached hydrogens (tertiary/aromatic N) is 1. The van der Waals surface area contributed by atoms with Crippen molar-refractivity contribution >= 4 is 0 Å². The normalized spacial score (nSPS) is 19.5. The van der Waals surface area contributed by atoms with E-state index in [1.54, 1.807) is 0 Å². The lowest BCUT2D eigenvalue weighted by atomic mass is 10.0. The monoisotopic (exact) mass is 239 g/mol. The van der Waals surface area contributed by atoms with E-state index in [1.165, 1.54) is 6.20 Å². The highest BCUT2D eigenvalue weighted by Gasteiger charge is 2.27. The Hall–Kier alpha value is -1.32. The number of ether oxygens (including phenoxy) is 2.